The summed E-state index contributed by atoms with van der Waals surface area (Å²) in [5.41, 5.74) is 5.20. The summed E-state index contributed by atoms with van der Waals surface area (Å²) in [6.45, 7) is 9.84. The van der Waals surface area contributed by atoms with Crippen LogP contribution in [-0.4, -0.2) is 30.1 Å². The minimum absolute atomic E-state index is 0.0363. The molecule has 4 aromatic rings. The number of tetrazole rings is 1. The lowest BCUT2D eigenvalue weighted by Crippen LogP contribution is -2.36. The monoisotopic (exact) mass is 498 g/mol. The zero-order valence-electron chi connectivity index (χ0n) is 22.4. The highest BCUT2D eigenvalue weighted by atomic mass is 16.1. The van der Waals surface area contributed by atoms with Crippen LogP contribution in [0, 0.1) is 19.8 Å². The second-order valence-electron chi connectivity index (χ2n) is 11.1. The molecule has 1 N–H and O–H groups in total. The predicted molar refractivity (Wildman–Crippen MR) is 147 cm³/mol. The molecule has 5 rings (SSSR count). The lowest BCUT2D eigenvalue weighted by atomic mass is 9.94. The molecule has 0 saturated heterocycles. The molecular formula is C30H38N6O. The number of H-pyrrole nitrogens is 1. The maximum atomic E-state index is 13.2. The molecule has 7 heteroatoms. The van der Waals surface area contributed by atoms with Gasteiger partial charge in [-0.1, -0.05) is 74.6 Å². The largest absolute Gasteiger partial charge is 0.322 e. The van der Waals surface area contributed by atoms with E-state index in [0.717, 1.165) is 35.1 Å². The fourth-order valence-corrected chi connectivity index (χ4v) is 5.75. The standard InChI is InChI=1S/C30H38N6O/c1-20(2)28(29-32-33-34-36(29)26-8-6-5-7-9-26)35(18-23-13-10-21(3)11-14-23)19-25-17-24-16-22(4)12-15-27(24)31-30(25)37/h10-17,20,26,28H,5-9,18-19H2,1-4H3,(H,31,37)/t28-/m1/s1. The zero-order chi connectivity index (χ0) is 25.9. The highest BCUT2D eigenvalue weighted by Gasteiger charge is 2.32. The molecule has 0 aliphatic heterocycles. The quantitative estimate of drug-likeness (QED) is 0.321. The Balaban J connectivity index is 1.56. The molecule has 2 aromatic carbocycles. The average Bonchev–Trinajstić information content (AvgIpc) is 3.36. The third-order valence-electron chi connectivity index (χ3n) is 7.68. The van der Waals surface area contributed by atoms with Crippen LogP contribution in [0.15, 0.2) is 53.3 Å². The van der Waals surface area contributed by atoms with Gasteiger partial charge in [0.2, 0.25) is 0 Å². The van der Waals surface area contributed by atoms with Gasteiger partial charge >= 0.3 is 0 Å². The van der Waals surface area contributed by atoms with Crippen LogP contribution in [0.1, 0.15) is 86.1 Å². The Kier molecular flexibility index (Phi) is 7.51. The Morgan fingerprint density at radius 1 is 0.973 bits per heavy atom. The van der Waals surface area contributed by atoms with Crippen LogP contribution in [0.25, 0.3) is 10.9 Å². The average molecular weight is 499 g/mol. The molecule has 194 valence electrons. The van der Waals surface area contributed by atoms with E-state index in [1.54, 1.807) is 0 Å². The van der Waals surface area contributed by atoms with Gasteiger partial charge in [-0.2, -0.15) is 0 Å². The van der Waals surface area contributed by atoms with Gasteiger partial charge in [0.15, 0.2) is 5.82 Å². The van der Waals surface area contributed by atoms with E-state index < -0.39 is 0 Å². The minimum Gasteiger partial charge on any atom is -0.322 e. The molecule has 1 atom stereocenters. The number of nitrogens with zero attached hydrogens (tertiary/aromatic N) is 5. The Morgan fingerprint density at radius 2 is 1.70 bits per heavy atom. The van der Waals surface area contributed by atoms with Gasteiger partial charge in [-0.3, -0.25) is 9.69 Å². The number of benzene rings is 2. The van der Waals surface area contributed by atoms with Gasteiger partial charge in [-0.05, 0) is 72.2 Å². The van der Waals surface area contributed by atoms with E-state index in [2.05, 4.69) is 88.1 Å². The first-order valence-electron chi connectivity index (χ1n) is 13.6. The van der Waals surface area contributed by atoms with E-state index in [9.17, 15) is 4.79 Å². The number of nitrogens with one attached hydrogen (secondary N) is 1. The Hall–Kier alpha value is -3.32. The van der Waals surface area contributed by atoms with Crippen LogP contribution in [-0.2, 0) is 13.1 Å². The molecule has 1 saturated carbocycles. The number of aromatic nitrogens is 5. The number of rotatable bonds is 8. The smallest absolute Gasteiger partial charge is 0.252 e. The molecule has 0 radical (unpaired) electrons. The van der Waals surface area contributed by atoms with Crippen molar-refractivity contribution in [2.75, 3.05) is 0 Å². The molecule has 37 heavy (non-hydrogen) atoms. The van der Waals surface area contributed by atoms with Gasteiger partial charge in [-0.15, -0.1) is 5.10 Å². The van der Waals surface area contributed by atoms with E-state index in [1.807, 2.05) is 18.2 Å². The van der Waals surface area contributed by atoms with Crippen molar-refractivity contribution in [2.45, 2.75) is 85.0 Å². The summed E-state index contributed by atoms with van der Waals surface area (Å²) >= 11 is 0. The van der Waals surface area contributed by atoms with Crippen molar-refractivity contribution in [1.82, 2.24) is 30.1 Å². The van der Waals surface area contributed by atoms with Crippen molar-refractivity contribution in [3.63, 3.8) is 0 Å². The van der Waals surface area contributed by atoms with E-state index in [1.165, 1.54) is 36.0 Å². The van der Waals surface area contributed by atoms with Crippen molar-refractivity contribution in [1.29, 1.82) is 0 Å². The number of fused-ring (bicyclic) bond motifs is 1. The molecule has 0 spiro atoms. The number of aryl methyl sites for hydroxylation is 2. The van der Waals surface area contributed by atoms with Crippen LogP contribution in [0.4, 0.5) is 0 Å². The van der Waals surface area contributed by atoms with Gasteiger partial charge < -0.3 is 4.98 Å². The summed E-state index contributed by atoms with van der Waals surface area (Å²) in [4.78, 5) is 18.7. The molecule has 0 bridgehead atoms. The van der Waals surface area contributed by atoms with Gasteiger partial charge in [0.05, 0.1) is 12.1 Å². The van der Waals surface area contributed by atoms with Crippen LogP contribution < -0.4 is 5.56 Å². The lowest BCUT2D eigenvalue weighted by molar-refractivity contribution is 0.121. The normalized spacial score (nSPS) is 15.6. The number of pyridine rings is 1. The number of hydrogen-bond donors (Lipinski definition) is 1. The van der Waals surface area contributed by atoms with E-state index in [-0.39, 0.29) is 17.5 Å². The van der Waals surface area contributed by atoms with E-state index in [4.69, 9.17) is 0 Å². The van der Waals surface area contributed by atoms with Crippen LogP contribution in [0.2, 0.25) is 0 Å². The van der Waals surface area contributed by atoms with Crippen molar-refractivity contribution in [2.24, 2.45) is 5.92 Å². The molecule has 0 unspecified atom stereocenters. The molecule has 2 heterocycles. The summed E-state index contributed by atoms with van der Waals surface area (Å²) in [7, 11) is 0. The molecule has 1 aliphatic rings. The van der Waals surface area contributed by atoms with Gasteiger partial charge in [0, 0.05) is 24.2 Å². The Morgan fingerprint density at radius 3 is 2.43 bits per heavy atom. The first kappa shape index (κ1) is 25.3. The molecule has 1 aliphatic carbocycles. The Labute approximate surface area is 218 Å². The number of aromatic amines is 1. The van der Waals surface area contributed by atoms with Crippen molar-refractivity contribution in [3.8, 4) is 0 Å². The van der Waals surface area contributed by atoms with Crippen LogP contribution in [0.5, 0.6) is 0 Å². The zero-order valence-corrected chi connectivity index (χ0v) is 22.4. The number of hydrogen-bond acceptors (Lipinski definition) is 5. The van der Waals surface area contributed by atoms with Gasteiger partial charge in [0.25, 0.3) is 5.56 Å². The SMILES string of the molecule is Cc1ccc(CN(Cc2cc3cc(C)ccc3[nH]c2=O)[C@@H](c2nnnn2C2CCCCC2)C(C)C)cc1. The summed E-state index contributed by atoms with van der Waals surface area (Å²) < 4.78 is 2.08. The van der Waals surface area contributed by atoms with E-state index >= 15 is 0 Å². The van der Waals surface area contributed by atoms with E-state index in [0.29, 0.717) is 19.1 Å². The highest BCUT2D eigenvalue weighted by Crippen LogP contribution is 2.34. The molecule has 7 nitrogen and oxygen atoms in total. The lowest BCUT2D eigenvalue weighted by Gasteiger charge is -2.35. The van der Waals surface area contributed by atoms with Crippen LogP contribution >= 0.6 is 0 Å². The van der Waals surface area contributed by atoms with Crippen LogP contribution in [0.3, 0.4) is 0 Å². The summed E-state index contributed by atoms with van der Waals surface area (Å²) in [6.07, 6.45) is 5.95. The second-order valence-corrected chi connectivity index (χ2v) is 11.1. The van der Waals surface area contributed by atoms with Gasteiger partial charge in [-0.25, -0.2) is 4.68 Å². The maximum absolute atomic E-state index is 13.2. The third kappa shape index (κ3) is 5.67. The fourth-order valence-electron chi connectivity index (χ4n) is 5.75. The first-order valence-corrected chi connectivity index (χ1v) is 13.6. The third-order valence-corrected chi connectivity index (χ3v) is 7.68. The molecular weight excluding hydrogens is 460 g/mol. The minimum atomic E-state index is -0.0420. The van der Waals surface area contributed by atoms with Gasteiger partial charge in [0.1, 0.15) is 0 Å². The maximum Gasteiger partial charge on any atom is 0.252 e. The molecule has 1 fully saturated rings. The summed E-state index contributed by atoms with van der Waals surface area (Å²) in [5.74, 6) is 1.16. The summed E-state index contributed by atoms with van der Waals surface area (Å²) in [5, 5.41) is 14.3. The highest BCUT2D eigenvalue weighted by molar-refractivity contribution is 5.79. The van der Waals surface area contributed by atoms with Crippen molar-refractivity contribution in [3.05, 3.63) is 87.0 Å². The predicted octanol–water partition coefficient (Wildman–Crippen LogP) is 6.04. The second kappa shape index (κ2) is 11.0. The molecule has 0 amide bonds. The molecule has 2 aromatic heterocycles. The van der Waals surface area contributed by atoms with Crippen molar-refractivity contribution >= 4 is 10.9 Å². The van der Waals surface area contributed by atoms with Crippen molar-refractivity contribution < 1.29 is 0 Å². The summed E-state index contributed by atoms with van der Waals surface area (Å²) in [6, 6.07) is 17.1. The Bertz CT molecular complexity index is 1400. The fraction of sp³-hybridized carbons (Fsp3) is 0.467. The first-order chi connectivity index (χ1) is 17.9. The topological polar surface area (TPSA) is 79.7 Å².